The van der Waals surface area contributed by atoms with Crippen molar-refractivity contribution in [3.8, 4) is 0 Å². The van der Waals surface area contributed by atoms with Gasteiger partial charge in [0, 0.05) is 11.6 Å². The molecule has 1 unspecified atom stereocenters. The highest BCUT2D eigenvalue weighted by molar-refractivity contribution is 9.10. The Balaban J connectivity index is 2.32. The van der Waals surface area contributed by atoms with Gasteiger partial charge in [0.25, 0.3) is 5.91 Å². The van der Waals surface area contributed by atoms with Crippen molar-refractivity contribution in [2.45, 2.75) is 30.7 Å². The normalized spacial score (nSPS) is 16.8. The molecular weight excluding hydrogens is 368 g/mol. The summed E-state index contributed by atoms with van der Waals surface area (Å²) in [7, 11) is -3.96. The van der Waals surface area contributed by atoms with E-state index in [1.165, 1.54) is 12.1 Å². The number of amides is 1. The van der Waals surface area contributed by atoms with E-state index in [-0.39, 0.29) is 31.9 Å². The third-order valence-corrected chi connectivity index (χ3v) is 5.83. The second kappa shape index (κ2) is 5.63. The molecule has 1 aliphatic carbocycles. The predicted molar refractivity (Wildman–Crippen MR) is 80.2 cm³/mol. The molecule has 20 heavy (non-hydrogen) atoms. The highest BCUT2D eigenvalue weighted by Crippen LogP contribution is 2.33. The molecule has 0 aliphatic heterocycles. The Morgan fingerprint density at radius 1 is 1.50 bits per heavy atom. The maximum Gasteiger partial charge on any atom is 0.251 e. The molecule has 0 heterocycles. The van der Waals surface area contributed by atoms with E-state index in [9.17, 15) is 13.2 Å². The molecular formula is C12H14BrClN2O3S. The average Bonchev–Trinajstić information content (AvgIpc) is 3.14. The minimum atomic E-state index is -3.96. The molecule has 1 saturated carbocycles. The van der Waals surface area contributed by atoms with E-state index in [0.29, 0.717) is 5.92 Å². The Morgan fingerprint density at radius 3 is 2.60 bits per heavy atom. The van der Waals surface area contributed by atoms with Crippen molar-refractivity contribution < 1.29 is 13.2 Å². The van der Waals surface area contributed by atoms with Crippen LogP contribution in [0.25, 0.3) is 0 Å². The Labute approximate surface area is 131 Å². The van der Waals surface area contributed by atoms with Crippen LogP contribution in [-0.2, 0) is 10.0 Å². The summed E-state index contributed by atoms with van der Waals surface area (Å²) in [4.78, 5) is 11.9. The molecule has 1 aliphatic rings. The summed E-state index contributed by atoms with van der Waals surface area (Å²) in [5.41, 5.74) is 0.176. The smallest absolute Gasteiger partial charge is 0.251 e. The van der Waals surface area contributed by atoms with Gasteiger partial charge in [-0.2, -0.15) is 0 Å². The summed E-state index contributed by atoms with van der Waals surface area (Å²) in [6.45, 7) is 1.93. The summed E-state index contributed by atoms with van der Waals surface area (Å²) < 4.78 is 23.1. The Kier molecular flexibility index (Phi) is 4.44. The van der Waals surface area contributed by atoms with Crippen LogP contribution in [0.1, 0.15) is 30.1 Å². The van der Waals surface area contributed by atoms with E-state index >= 15 is 0 Å². The highest BCUT2D eigenvalue weighted by Gasteiger charge is 2.29. The molecule has 0 radical (unpaired) electrons. The minimum Gasteiger partial charge on any atom is -0.349 e. The summed E-state index contributed by atoms with van der Waals surface area (Å²) in [6, 6.07) is 2.69. The maximum absolute atomic E-state index is 12.1. The van der Waals surface area contributed by atoms with E-state index < -0.39 is 10.0 Å². The summed E-state index contributed by atoms with van der Waals surface area (Å²) >= 11 is 8.99. The second-order valence-electron chi connectivity index (χ2n) is 4.91. The average molecular weight is 382 g/mol. The molecule has 1 amide bonds. The fourth-order valence-corrected chi connectivity index (χ4v) is 3.74. The molecule has 1 fully saturated rings. The van der Waals surface area contributed by atoms with Gasteiger partial charge in [-0.25, -0.2) is 13.6 Å². The van der Waals surface area contributed by atoms with Crippen molar-refractivity contribution >= 4 is 43.5 Å². The minimum absolute atomic E-state index is 0.0582. The van der Waals surface area contributed by atoms with Gasteiger partial charge in [-0.3, -0.25) is 4.79 Å². The number of hydrogen-bond acceptors (Lipinski definition) is 3. The Morgan fingerprint density at radius 2 is 2.10 bits per heavy atom. The maximum atomic E-state index is 12.1. The monoisotopic (exact) mass is 380 g/mol. The third-order valence-electron chi connectivity index (χ3n) is 3.25. The van der Waals surface area contributed by atoms with Crippen LogP contribution in [0.4, 0.5) is 0 Å². The largest absolute Gasteiger partial charge is 0.349 e. The number of hydrogen-bond donors (Lipinski definition) is 2. The number of nitrogens with two attached hydrogens (primary N) is 1. The van der Waals surface area contributed by atoms with E-state index in [1.54, 1.807) is 0 Å². The van der Waals surface area contributed by atoms with Gasteiger partial charge in [0.05, 0.1) is 14.4 Å². The van der Waals surface area contributed by atoms with E-state index in [4.69, 9.17) is 16.7 Å². The zero-order chi connectivity index (χ0) is 15.1. The van der Waals surface area contributed by atoms with Crippen LogP contribution in [0.5, 0.6) is 0 Å². The molecule has 5 nitrogen and oxygen atoms in total. The number of nitrogens with one attached hydrogen (secondary N) is 1. The lowest BCUT2D eigenvalue weighted by molar-refractivity contribution is 0.0935. The molecule has 1 aromatic rings. The number of sulfonamides is 1. The quantitative estimate of drug-likeness (QED) is 0.838. The summed E-state index contributed by atoms with van der Waals surface area (Å²) in [6.07, 6.45) is 2.20. The standard InChI is InChI=1S/C12H14BrClN2O3S/c1-6(7-2-3-7)16-12(17)8-4-9(14)11(13)10(5-8)20(15,18)19/h4-7H,2-3H2,1H3,(H,16,17)(H2,15,18,19). The van der Waals surface area contributed by atoms with Crippen LogP contribution in [0.15, 0.2) is 21.5 Å². The second-order valence-corrected chi connectivity index (χ2v) is 7.64. The van der Waals surface area contributed by atoms with Crippen LogP contribution in [0, 0.1) is 5.92 Å². The fourth-order valence-electron chi connectivity index (χ4n) is 1.91. The first kappa shape index (κ1) is 15.8. The lowest BCUT2D eigenvalue weighted by Crippen LogP contribution is -2.34. The van der Waals surface area contributed by atoms with Crippen LogP contribution >= 0.6 is 27.5 Å². The van der Waals surface area contributed by atoms with Gasteiger partial charge in [0.15, 0.2) is 0 Å². The lowest BCUT2D eigenvalue weighted by Gasteiger charge is -2.14. The number of carbonyl (C=O) groups excluding carboxylic acids is 1. The predicted octanol–water partition coefficient (Wildman–Crippen LogP) is 2.28. The van der Waals surface area contributed by atoms with Gasteiger partial charge in [0.1, 0.15) is 0 Å². The number of carbonyl (C=O) groups is 1. The molecule has 1 aromatic carbocycles. The van der Waals surface area contributed by atoms with Gasteiger partial charge in [-0.1, -0.05) is 11.6 Å². The zero-order valence-corrected chi connectivity index (χ0v) is 13.8. The first-order valence-electron chi connectivity index (χ1n) is 6.03. The van der Waals surface area contributed by atoms with Gasteiger partial charge >= 0.3 is 0 Å². The Hall–Kier alpha value is -0.630. The molecule has 0 aromatic heterocycles. The Bertz CT molecular complexity index is 659. The number of benzene rings is 1. The van der Waals surface area contributed by atoms with E-state index in [1.807, 2.05) is 6.92 Å². The van der Waals surface area contributed by atoms with Gasteiger partial charge in [-0.05, 0) is 53.7 Å². The first-order chi connectivity index (χ1) is 9.20. The fraction of sp³-hybridized carbons (Fsp3) is 0.417. The molecule has 110 valence electrons. The molecule has 0 bridgehead atoms. The zero-order valence-electron chi connectivity index (χ0n) is 10.7. The van der Waals surface area contributed by atoms with Crippen LogP contribution < -0.4 is 10.5 Å². The molecule has 8 heteroatoms. The molecule has 1 atom stereocenters. The van der Waals surface area contributed by atoms with Crippen molar-refractivity contribution in [3.05, 3.63) is 27.2 Å². The van der Waals surface area contributed by atoms with Crippen molar-refractivity contribution in [1.82, 2.24) is 5.32 Å². The summed E-state index contributed by atoms with van der Waals surface area (Å²) in [5.74, 6) is 0.145. The lowest BCUT2D eigenvalue weighted by atomic mass is 10.1. The topological polar surface area (TPSA) is 89.3 Å². The van der Waals surface area contributed by atoms with Gasteiger partial charge in [-0.15, -0.1) is 0 Å². The van der Waals surface area contributed by atoms with Gasteiger partial charge in [0.2, 0.25) is 10.0 Å². The SMILES string of the molecule is CC(NC(=O)c1cc(Cl)c(Br)c(S(N)(=O)=O)c1)C1CC1. The number of primary sulfonamides is 1. The van der Waals surface area contributed by atoms with Crippen molar-refractivity contribution in [2.24, 2.45) is 11.1 Å². The summed E-state index contributed by atoms with van der Waals surface area (Å²) in [5, 5.41) is 8.07. The highest BCUT2D eigenvalue weighted by atomic mass is 79.9. The first-order valence-corrected chi connectivity index (χ1v) is 8.74. The van der Waals surface area contributed by atoms with Gasteiger partial charge < -0.3 is 5.32 Å². The van der Waals surface area contributed by atoms with E-state index in [2.05, 4.69) is 21.2 Å². The molecule has 2 rings (SSSR count). The van der Waals surface area contributed by atoms with E-state index in [0.717, 1.165) is 12.8 Å². The third kappa shape index (κ3) is 3.52. The van der Waals surface area contributed by atoms with Crippen molar-refractivity contribution in [1.29, 1.82) is 0 Å². The van der Waals surface area contributed by atoms with Crippen LogP contribution in [0.3, 0.4) is 0 Å². The van der Waals surface area contributed by atoms with Crippen LogP contribution in [-0.4, -0.2) is 20.4 Å². The van der Waals surface area contributed by atoms with Crippen molar-refractivity contribution in [2.75, 3.05) is 0 Å². The van der Waals surface area contributed by atoms with Crippen LogP contribution in [0.2, 0.25) is 5.02 Å². The molecule has 0 saturated heterocycles. The number of rotatable bonds is 4. The number of halogens is 2. The van der Waals surface area contributed by atoms with Crippen molar-refractivity contribution in [3.63, 3.8) is 0 Å². The molecule has 0 spiro atoms. The molecule has 3 N–H and O–H groups in total.